The molecule has 0 fully saturated rings. The lowest BCUT2D eigenvalue weighted by Crippen LogP contribution is -2.30. The Morgan fingerprint density at radius 1 is 1.13 bits per heavy atom. The van der Waals surface area contributed by atoms with Gasteiger partial charge in [0.15, 0.2) is 11.6 Å². The summed E-state index contributed by atoms with van der Waals surface area (Å²) in [5, 5.41) is 5.86. The van der Waals surface area contributed by atoms with Crippen molar-refractivity contribution in [1.29, 1.82) is 0 Å². The standard InChI is InChI=1S/C24H28N4O2/c1-29-20-8-7-18-5-3-6-21(22(18)15-20)19-9-13-28(14-10-19)12-4-11-26-24-23(30-2)16-25-17-27-24/h3,5-9,15-17H,4,10-14H2,1-2H3,(H,25,26,27). The fourth-order valence-electron chi connectivity index (χ4n) is 3.93. The number of hydrogen-bond acceptors (Lipinski definition) is 6. The van der Waals surface area contributed by atoms with E-state index in [2.05, 4.69) is 56.6 Å². The van der Waals surface area contributed by atoms with E-state index in [1.807, 2.05) is 6.07 Å². The summed E-state index contributed by atoms with van der Waals surface area (Å²) in [5.41, 5.74) is 2.75. The van der Waals surface area contributed by atoms with E-state index < -0.39 is 0 Å². The number of rotatable bonds is 8. The van der Waals surface area contributed by atoms with Crippen molar-refractivity contribution in [3.05, 3.63) is 60.6 Å². The molecule has 0 radical (unpaired) electrons. The van der Waals surface area contributed by atoms with Gasteiger partial charge in [0.05, 0.1) is 20.4 Å². The van der Waals surface area contributed by atoms with Gasteiger partial charge in [0.25, 0.3) is 0 Å². The summed E-state index contributed by atoms with van der Waals surface area (Å²) in [6.07, 6.45) is 7.68. The van der Waals surface area contributed by atoms with Crippen molar-refractivity contribution in [3.63, 3.8) is 0 Å². The molecule has 156 valence electrons. The van der Waals surface area contributed by atoms with E-state index in [1.165, 1.54) is 28.2 Å². The number of aromatic nitrogens is 2. The first-order valence-corrected chi connectivity index (χ1v) is 10.3. The van der Waals surface area contributed by atoms with Gasteiger partial charge in [-0.05, 0) is 46.9 Å². The number of ether oxygens (including phenoxy) is 2. The second-order valence-corrected chi connectivity index (χ2v) is 7.39. The molecule has 0 aliphatic carbocycles. The summed E-state index contributed by atoms with van der Waals surface area (Å²) in [6.45, 7) is 3.95. The first kappa shape index (κ1) is 20.2. The topological polar surface area (TPSA) is 59.5 Å². The molecule has 2 heterocycles. The Morgan fingerprint density at radius 2 is 2.07 bits per heavy atom. The van der Waals surface area contributed by atoms with Crippen LogP contribution in [0.5, 0.6) is 11.5 Å². The lowest BCUT2D eigenvalue weighted by Gasteiger charge is -2.27. The minimum atomic E-state index is 0.676. The minimum absolute atomic E-state index is 0.676. The zero-order valence-corrected chi connectivity index (χ0v) is 17.6. The number of hydrogen-bond donors (Lipinski definition) is 1. The van der Waals surface area contributed by atoms with Crippen LogP contribution < -0.4 is 14.8 Å². The fourth-order valence-corrected chi connectivity index (χ4v) is 3.93. The number of anilines is 1. The van der Waals surface area contributed by atoms with Crippen LogP contribution in [0.15, 0.2) is 55.0 Å². The molecule has 1 aromatic heterocycles. The Hall–Kier alpha value is -3.12. The molecule has 1 aliphatic heterocycles. The van der Waals surface area contributed by atoms with Gasteiger partial charge in [-0.15, -0.1) is 0 Å². The van der Waals surface area contributed by atoms with E-state index >= 15 is 0 Å². The number of methoxy groups -OCH3 is 2. The summed E-state index contributed by atoms with van der Waals surface area (Å²) in [5.74, 6) is 2.33. The third kappa shape index (κ3) is 4.54. The second-order valence-electron chi connectivity index (χ2n) is 7.39. The van der Waals surface area contributed by atoms with Crippen LogP contribution in [-0.2, 0) is 0 Å². The monoisotopic (exact) mass is 404 g/mol. The normalized spacial score (nSPS) is 14.4. The highest BCUT2D eigenvalue weighted by Crippen LogP contribution is 2.31. The van der Waals surface area contributed by atoms with Crippen molar-refractivity contribution in [2.45, 2.75) is 12.8 Å². The minimum Gasteiger partial charge on any atom is -0.497 e. The van der Waals surface area contributed by atoms with Crippen LogP contribution in [0.2, 0.25) is 0 Å². The number of nitrogens with zero attached hydrogens (tertiary/aromatic N) is 3. The van der Waals surface area contributed by atoms with Crippen LogP contribution in [-0.4, -0.2) is 55.3 Å². The maximum atomic E-state index is 5.43. The van der Waals surface area contributed by atoms with Crippen LogP contribution in [0.3, 0.4) is 0 Å². The van der Waals surface area contributed by atoms with Crippen molar-refractivity contribution in [2.75, 3.05) is 45.7 Å². The van der Waals surface area contributed by atoms with Crippen molar-refractivity contribution >= 4 is 22.2 Å². The Balaban J connectivity index is 1.34. The van der Waals surface area contributed by atoms with Crippen LogP contribution in [0.1, 0.15) is 18.4 Å². The Morgan fingerprint density at radius 3 is 2.87 bits per heavy atom. The molecule has 6 heteroatoms. The molecular weight excluding hydrogens is 376 g/mol. The van der Waals surface area contributed by atoms with Gasteiger partial charge in [-0.2, -0.15) is 0 Å². The molecule has 0 saturated carbocycles. The summed E-state index contributed by atoms with van der Waals surface area (Å²) >= 11 is 0. The summed E-state index contributed by atoms with van der Waals surface area (Å²) < 4.78 is 10.7. The third-order valence-corrected chi connectivity index (χ3v) is 5.57. The van der Waals surface area contributed by atoms with Gasteiger partial charge in [-0.3, -0.25) is 4.90 Å². The molecule has 30 heavy (non-hydrogen) atoms. The zero-order valence-electron chi connectivity index (χ0n) is 17.6. The fraction of sp³-hybridized carbons (Fsp3) is 0.333. The molecule has 1 N–H and O–H groups in total. The SMILES string of the molecule is COc1ccc2cccc(C3=CCN(CCCNc4ncncc4OC)CC3)c2c1. The van der Waals surface area contributed by atoms with E-state index in [4.69, 9.17) is 9.47 Å². The highest BCUT2D eigenvalue weighted by atomic mass is 16.5. The van der Waals surface area contributed by atoms with Crippen molar-refractivity contribution in [2.24, 2.45) is 0 Å². The van der Waals surface area contributed by atoms with Crippen LogP contribution in [0.4, 0.5) is 5.82 Å². The van der Waals surface area contributed by atoms with E-state index in [0.29, 0.717) is 5.75 Å². The van der Waals surface area contributed by atoms with Gasteiger partial charge in [0.1, 0.15) is 12.1 Å². The summed E-state index contributed by atoms with van der Waals surface area (Å²) in [6, 6.07) is 12.8. The van der Waals surface area contributed by atoms with Gasteiger partial charge >= 0.3 is 0 Å². The molecule has 6 nitrogen and oxygen atoms in total. The first-order chi connectivity index (χ1) is 14.8. The van der Waals surface area contributed by atoms with Gasteiger partial charge in [-0.25, -0.2) is 9.97 Å². The molecule has 0 unspecified atom stereocenters. The largest absolute Gasteiger partial charge is 0.497 e. The van der Waals surface area contributed by atoms with Crippen LogP contribution in [0.25, 0.3) is 16.3 Å². The highest BCUT2D eigenvalue weighted by Gasteiger charge is 2.15. The molecule has 0 saturated heterocycles. The van der Waals surface area contributed by atoms with E-state index in [9.17, 15) is 0 Å². The predicted molar refractivity (Wildman–Crippen MR) is 121 cm³/mol. The van der Waals surface area contributed by atoms with E-state index in [-0.39, 0.29) is 0 Å². The number of benzene rings is 2. The van der Waals surface area contributed by atoms with Gasteiger partial charge in [0.2, 0.25) is 0 Å². The first-order valence-electron chi connectivity index (χ1n) is 10.3. The third-order valence-electron chi connectivity index (χ3n) is 5.57. The molecule has 3 aromatic rings. The average Bonchev–Trinajstić information content (AvgIpc) is 2.81. The number of nitrogens with one attached hydrogen (secondary N) is 1. The Kier molecular flexibility index (Phi) is 6.44. The van der Waals surface area contributed by atoms with Crippen LogP contribution >= 0.6 is 0 Å². The number of fused-ring (bicyclic) bond motifs is 1. The van der Waals surface area contributed by atoms with Gasteiger partial charge in [-0.1, -0.05) is 30.3 Å². The molecular formula is C24H28N4O2. The molecule has 0 bridgehead atoms. The smallest absolute Gasteiger partial charge is 0.179 e. The van der Waals surface area contributed by atoms with E-state index in [1.54, 1.807) is 20.4 Å². The highest BCUT2D eigenvalue weighted by molar-refractivity contribution is 5.95. The molecule has 0 amide bonds. The van der Waals surface area contributed by atoms with Crippen molar-refractivity contribution in [3.8, 4) is 11.5 Å². The molecule has 1 aliphatic rings. The summed E-state index contributed by atoms with van der Waals surface area (Å²) in [7, 11) is 3.35. The average molecular weight is 405 g/mol. The van der Waals surface area contributed by atoms with Gasteiger partial charge in [0, 0.05) is 26.2 Å². The molecule has 4 rings (SSSR count). The van der Waals surface area contributed by atoms with Crippen molar-refractivity contribution in [1.82, 2.24) is 14.9 Å². The molecule has 0 atom stereocenters. The lowest BCUT2D eigenvalue weighted by atomic mass is 9.94. The predicted octanol–water partition coefficient (Wildman–Crippen LogP) is 4.24. The van der Waals surface area contributed by atoms with Crippen LogP contribution in [0, 0.1) is 0 Å². The maximum absolute atomic E-state index is 5.43. The van der Waals surface area contributed by atoms with Crippen molar-refractivity contribution < 1.29 is 9.47 Å². The Labute approximate surface area is 177 Å². The molecule has 0 spiro atoms. The maximum Gasteiger partial charge on any atom is 0.179 e. The lowest BCUT2D eigenvalue weighted by molar-refractivity contribution is 0.301. The molecule has 2 aromatic carbocycles. The summed E-state index contributed by atoms with van der Waals surface area (Å²) in [4.78, 5) is 10.7. The van der Waals surface area contributed by atoms with E-state index in [0.717, 1.165) is 50.6 Å². The Bertz CT molecular complexity index is 1030. The quantitative estimate of drug-likeness (QED) is 0.567. The zero-order chi connectivity index (χ0) is 20.8. The second kappa shape index (κ2) is 9.59. The van der Waals surface area contributed by atoms with Gasteiger partial charge < -0.3 is 14.8 Å².